The quantitative estimate of drug-likeness (QED) is 0.832. The highest BCUT2D eigenvalue weighted by Crippen LogP contribution is 2.29. The number of amides is 1. The van der Waals surface area contributed by atoms with Crippen LogP contribution in [0.1, 0.15) is 12.8 Å². The van der Waals surface area contributed by atoms with Crippen molar-refractivity contribution < 1.29 is 13.2 Å². The van der Waals surface area contributed by atoms with Gasteiger partial charge in [0, 0.05) is 23.5 Å². The lowest BCUT2D eigenvalue weighted by atomic mass is 9.97. The van der Waals surface area contributed by atoms with Gasteiger partial charge in [-0.15, -0.1) is 0 Å². The zero-order valence-corrected chi connectivity index (χ0v) is 15.7. The summed E-state index contributed by atoms with van der Waals surface area (Å²) in [6, 6.07) is 5.78. The maximum absolute atomic E-state index is 12.3. The number of rotatable bonds is 3. The Morgan fingerprint density at radius 1 is 1.39 bits per heavy atom. The lowest BCUT2D eigenvalue weighted by molar-refractivity contribution is -0.120. The predicted molar refractivity (Wildman–Crippen MR) is 95.1 cm³/mol. The first-order valence-electron chi connectivity index (χ1n) is 7.15. The predicted octanol–water partition coefficient (Wildman–Crippen LogP) is 2.67. The Morgan fingerprint density at radius 3 is 2.74 bits per heavy atom. The molecule has 1 N–H and O–H groups in total. The summed E-state index contributed by atoms with van der Waals surface area (Å²) in [6.45, 7) is 0.785. The number of carbonyl (C=O) groups excluding carboxylic acids is 1. The van der Waals surface area contributed by atoms with Crippen molar-refractivity contribution in [2.45, 2.75) is 12.8 Å². The molecule has 1 saturated heterocycles. The van der Waals surface area contributed by atoms with Crippen LogP contribution in [0.25, 0.3) is 10.2 Å². The Kier molecular flexibility index (Phi) is 4.73. The second kappa shape index (κ2) is 6.46. The average Bonchev–Trinajstić information content (AvgIpc) is 2.87. The average molecular weight is 418 g/mol. The summed E-state index contributed by atoms with van der Waals surface area (Å²) in [4.78, 5) is 16.7. The van der Waals surface area contributed by atoms with E-state index in [0.29, 0.717) is 31.1 Å². The maximum Gasteiger partial charge on any atom is 0.229 e. The van der Waals surface area contributed by atoms with E-state index in [-0.39, 0.29) is 11.8 Å². The first-order valence-corrected chi connectivity index (χ1v) is 10.6. The second-order valence-corrected chi connectivity index (χ2v) is 9.49. The molecule has 1 aromatic heterocycles. The minimum Gasteiger partial charge on any atom is -0.302 e. The number of halogens is 1. The van der Waals surface area contributed by atoms with E-state index in [2.05, 4.69) is 26.2 Å². The molecule has 3 rings (SSSR count). The Morgan fingerprint density at radius 2 is 2.09 bits per heavy atom. The monoisotopic (exact) mass is 417 g/mol. The molecule has 1 aliphatic rings. The molecule has 1 fully saturated rings. The van der Waals surface area contributed by atoms with Gasteiger partial charge in [-0.3, -0.25) is 4.79 Å². The van der Waals surface area contributed by atoms with Crippen LogP contribution in [0.4, 0.5) is 5.13 Å². The molecule has 0 unspecified atom stereocenters. The lowest BCUT2D eigenvalue weighted by Crippen LogP contribution is -2.40. The summed E-state index contributed by atoms with van der Waals surface area (Å²) in [5.41, 5.74) is 0.848. The first kappa shape index (κ1) is 16.8. The fraction of sp³-hybridized carbons (Fsp3) is 0.429. The molecule has 9 heteroatoms. The van der Waals surface area contributed by atoms with E-state index in [1.807, 2.05) is 18.2 Å². The molecular formula is C14H16BrN3O3S2. The van der Waals surface area contributed by atoms with Crippen LogP contribution in [0.2, 0.25) is 0 Å². The molecule has 0 aliphatic carbocycles. The molecular weight excluding hydrogens is 402 g/mol. The Hall–Kier alpha value is -1.03. The summed E-state index contributed by atoms with van der Waals surface area (Å²) >= 11 is 4.84. The van der Waals surface area contributed by atoms with E-state index >= 15 is 0 Å². The zero-order valence-electron chi connectivity index (χ0n) is 12.5. The third kappa shape index (κ3) is 3.90. The number of hydrogen-bond acceptors (Lipinski definition) is 5. The van der Waals surface area contributed by atoms with Crippen LogP contribution < -0.4 is 5.32 Å². The standard InChI is InChI=1S/C14H16BrN3O3S2/c1-23(20,21)18-6-4-9(5-7-18)13(19)17-14-16-11-3-2-10(15)8-12(11)22-14/h2-3,8-9H,4-7H2,1H3,(H,16,17,19). The molecule has 0 saturated carbocycles. The minimum atomic E-state index is -3.17. The van der Waals surface area contributed by atoms with Crippen molar-refractivity contribution in [3.63, 3.8) is 0 Å². The van der Waals surface area contributed by atoms with Crippen molar-refractivity contribution in [2.24, 2.45) is 5.92 Å². The number of benzene rings is 1. The molecule has 2 aromatic rings. The Bertz CT molecular complexity index is 842. The normalized spacial score (nSPS) is 17.5. The molecule has 1 amide bonds. The van der Waals surface area contributed by atoms with Crippen LogP contribution in [0.5, 0.6) is 0 Å². The summed E-state index contributed by atoms with van der Waals surface area (Å²) in [6.07, 6.45) is 2.28. The summed E-state index contributed by atoms with van der Waals surface area (Å²) in [5.74, 6) is -0.261. The van der Waals surface area contributed by atoms with Crippen molar-refractivity contribution in [3.05, 3.63) is 22.7 Å². The van der Waals surface area contributed by atoms with Gasteiger partial charge in [-0.1, -0.05) is 27.3 Å². The van der Waals surface area contributed by atoms with Gasteiger partial charge < -0.3 is 5.32 Å². The van der Waals surface area contributed by atoms with E-state index in [9.17, 15) is 13.2 Å². The largest absolute Gasteiger partial charge is 0.302 e. The molecule has 124 valence electrons. The van der Waals surface area contributed by atoms with Gasteiger partial charge >= 0.3 is 0 Å². The van der Waals surface area contributed by atoms with Crippen LogP contribution in [0, 0.1) is 5.92 Å². The smallest absolute Gasteiger partial charge is 0.229 e. The van der Waals surface area contributed by atoms with Gasteiger partial charge in [0.25, 0.3) is 0 Å². The van der Waals surface area contributed by atoms with Gasteiger partial charge in [-0.2, -0.15) is 0 Å². The third-order valence-corrected chi connectivity index (χ3v) is 6.60. The summed E-state index contributed by atoms with van der Waals surface area (Å²) < 4.78 is 26.4. The molecule has 0 atom stereocenters. The second-order valence-electron chi connectivity index (χ2n) is 5.56. The number of anilines is 1. The van der Waals surface area contributed by atoms with Crippen molar-refractivity contribution >= 4 is 58.5 Å². The van der Waals surface area contributed by atoms with E-state index in [4.69, 9.17) is 0 Å². The number of hydrogen-bond donors (Lipinski definition) is 1. The fourth-order valence-electron chi connectivity index (χ4n) is 2.61. The van der Waals surface area contributed by atoms with Crippen molar-refractivity contribution in [1.29, 1.82) is 0 Å². The third-order valence-electron chi connectivity index (χ3n) is 3.87. The molecule has 0 radical (unpaired) electrons. The van der Waals surface area contributed by atoms with Crippen LogP contribution >= 0.6 is 27.3 Å². The molecule has 2 heterocycles. The van der Waals surface area contributed by atoms with Gasteiger partial charge in [0.2, 0.25) is 15.9 Å². The van der Waals surface area contributed by atoms with Crippen molar-refractivity contribution in [2.75, 3.05) is 24.7 Å². The summed E-state index contributed by atoms with van der Waals surface area (Å²) in [7, 11) is -3.17. The molecule has 0 spiro atoms. The van der Waals surface area contributed by atoms with Gasteiger partial charge in [-0.05, 0) is 31.0 Å². The molecule has 23 heavy (non-hydrogen) atoms. The molecule has 6 nitrogen and oxygen atoms in total. The number of aromatic nitrogens is 1. The number of sulfonamides is 1. The molecule has 0 bridgehead atoms. The topological polar surface area (TPSA) is 79.4 Å². The number of thiazole rings is 1. The fourth-order valence-corrected chi connectivity index (χ4v) is 4.90. The number of carbonyl (C=O) groups is 1. The SMILES string of the molecule is CS(=O)(=O)N1CCC(C(=O)Nc2nc3ccc(Br)cc3s2)CC1. The minimum absolute atomic E-state index is 0.0868. The van der Waals surface area contributed by atoms with Gasteiger partial charge in [-0.25, -0.2) is 17.7 Å². The van der Waals surface area contributed by atoms with Crippen LogP contribution in [0.3, 0.4) is 0 Å². The van der Waals surface area contributed by atoms with Crippen LogP contribution in [-0.2, 0) is 14.8 Å². The molecule has 1 aliphatic heterocycles. The van der Waals surface area contributed by atoms with Gasteiger partial charge in [0.05, 0.1) is 16.5 Å². The maximum atomic E-state index is 12.3. The van der Waals surface area contributed by atoms with Gasteiger partial charge in [0.1, 0.15) is 0 Å². The van der Waals surface area contributed by atoms with Crippen LogP contribution in [0.15, 0.2) is 22.7 Å². The number of nitrogens with one attached hydrogen (secondary N) is 1. The van der Waals surface area contributed by atoms with E-state index in [1.54, 1.807) is 0 Å². The highest BCUT2D eigenvalue weighted by atomic mass is 79.9. The first-order chi connectivity index (χ1) is 10.8. The Labute approximate surface area is 147 Å². The van der Waals surface area contributed by atoms with E-state index in [1.165, 1.54) is 21.9 Å². The number of fused-ring (bicyclic) bond motifs is 1. The highest BCUT2D eigenvalue weighted by Gasteiger charge is 2.29. The number of piperidine rings is 1. The van der Waals surface area contributed by atoms with Crippen molar-refractivity contribution in [1.82, 2.24) is 9.29 Å². The summed E-state index contributed by atoms with van der Waals surface area (Å²) in [5, 5.41) is 3.44. The van der Waals surface area contributed by atoms with Crippen LogP contribution in [-0.4, -0.2) is 43.0 Å². The van der Waals surface area contributed by atoms with E-state index < -0.39 is 10.0 Å². The van der Waals surface area contributed by atoms with Crippen molar-refractivity contribution in [3.8, 4) is 0 Å². The van der Waals surface area contributed by atoms with Gasteiger partial charge in [0.15, 0.2) is 5.13 Å². The Balaban J connectivity index is 1.65. The van der Waals surface area contributed by atoms with E-state index in [0.717, 1.165) is 14.7 Å². The highest BCUT2D eigenvalue weighted by molar-refractivity contribution is 9.10. The number of nitrogens with zero attached hydrogens (tertiary/aromatic N) is 2. The molecule has 1 aromatic carbocycles. The lowest BCUT2D eigenvalue weighted by Gasteiger charge is -2.29. The zero-order chi connectivity index (χ0) is 16.6.